The zero-order chi connectivity index (χ0) is 12.5. The van der Waals surface area contributed by atoms with E-state index in [0.717, 1.165) is 12.1 Å². The number of rotatable bonds is 4. The third-order valence-corrected chi connectivity index (χ3v) is 2.57. The lowest BCUT2D eigenvalue weighted by Crippen LogP contribution is -2.15. The third-order valence-electron chi connectivity index (χ3n) is 2.57. The van der Waals surface area contributed by atoms with Gasteiger partial charge in [-0.1, -0.05) is 52.9 Å². The number of H-pyrrole nitrogens is 1. The van der Waals surface area contributed by atoms with Gasteiger partial charge in [-0.05, 0) is 16.9 Å². The van der Waals surface area contributed by atoms with Gasteiger partial charge in [-0.3, -0.25) is 0 Å². The molecule has 4 heteroatoms. The molecule has 2 rings (SSSR count). The maximum atomic E-state index is 5.76. The molecule has 1 aromatic carbocycles. The number of imidazole rings is 1. The van der Waals surface area contributed by atoms with Crippen molar-refractivity contribution in [2.75, 3.05) is 11.5 Å². The van der Waals surface area contributed by atoms with Crippen LogP contribution in [0.5, 0.6) is 0 Å². The summed E-state index contributed by atoms with van der Waals surface area (Å²) >= 11 is 2.15. The Labute approximate surface area is 116 Å². The second kappa shape index (κ2) is 8.25. The van der Waals surface area contributed by atoms with Gasteiger partial charge < -0.3 is 10.7 Å². The molecule has 0 aliphatic carbocycles. The molecule has 1 atom stereocenters. The van der Waals surface area contributed by atoms with E-state index in [4.69, 9.17) is 5.73 Å². The molecule has 0 saturated heterocycles. The second-order valence-corrected chi connectivity index (χ2v) is 3.63. The maximum absolute atomic E-state index is 5.76. The third kappa shape index (κ3) is 4.47. The summed E-state index contributed by atoms with van der Waals surface area (Å²) in [5.41, 5.74) is 8.18. The fourth-order valence-electron chi connectivity index (χ4n) is 1.71. The van der Waals surface area contributed by atoms with E-state index >= 15 is 0 Å². The number of nitrogens with zero attached hydrogens (tertiary/aromatic N) is 1. The minimum absolute atomic E-state index is 0.329. The van der Waals surface area contributed by atoms with Crippen LogP contribution in [0, 0.1) is 0 Å². The van der Waals surface area contributed by atoms with Crippen molar-refractivity contribution in [2.24, 2.45) is 5.73 Å². The lowest BCUT2D eigenvalue weighted by Gasteiger charge is -2.12. The van der Waals surface area contributed by atoms with Crippen molar-refractivity contribution in [3.05, 3.63) is 54.1 Å². The van der Waals surface area contributed by atoms with Crippen LogP contribution >= 0.6 is 22.6 Å². The number of hydrogen-bond donors (Lipinski definition) is 2. The molecule has 1 heterocycles. The van der Waals surface area contributed by atoms with Gasteiger partial charge in [0.2, 0.25) is 0 Å². The van der Waals surface area contributed by atoms with Gasteiger partial charge in [0.15, 0.2) is 0 Å². The molecular formula is C13H18IN3. The van der Waals surface area contributed by atoms with Gasteiger partial charge in [0.1, 0.15) is 0 Å². The van der Waals surface area contributed by atoms with Crippen LogP contribution in [0.4, 0.5) is 0 Å². The molecule has 0 amide bonds. The molecule has 0 bridgehead atoms. The van der Waals surface area contributed by atoms with Crippen molar-refractivity contribution in [3.8, 4) is 0 Å². The highest BCUT2D eigenvalue weighted by Gasteiger charge is 2.11. The van der Waals surface area contributed by atoms with Crippen LogP contribution in [0.15, 0.2) is 42.9 Å². The SMILES string of the molecule is CI.NCC(Cc1ccccc1)c1cnc[nH]1. The summed E-state index contributed by atoms with van der Waals surface area (Å²) in [6.07, 6.45) is 4.50. The first-order valence-corrected chi connectivity index (χ1v) is 7.66. The van der Waals surface area contributed by atoms with Gasteiger partial charge in [0.25, 0.3) is 0 Å². The Morgan fingerprint density at radius 1 is 1.29 bits per heavy atom. The standard InChI is InChI=1S/C12H15N3.CH3I/c13-7-11(12-8-14-9-15-12)6-10-4-2-1-3-5-10;1-2/h1-5,8-9,11H,6-7,13H2,(H,14,15);1H3. The van der Waals surface area contributed by atoms with E-state index in [-0.39, 0.29) is 0 Å². The van der Waals surface area contributed by atoms with E-state index in [1.54, 1.807) is 6.33 Å². The summed E-state index contributed by atoms with van der Waals surface area (Å²) in [5, 5.41) is 0. The molecule has 0 radical (unpaired) electrons. The largest absolute Gasteiger partial charge is 0.348 e. The fraction of sp³-hybridized carbons (Fsp3) is 0.308. The van der Waals surface area contributed by atoms with Crippen LogP contribution in [0.2, 0.25) is 0 Å². The minimum Gasteiger partial charge on any atom is -0.348 e. The Kier molecular flexibility index (Phi) is 6.88. The molecule has 3 nitrogen and oxygen atoms in total. The van der Waals surface area contributed by atoms with Gasteiger partial charge in [-0.2, -0.15) is 0 Å². The molecular weight excluding hydrogens is 325 g/mol. The summed E-state index contributed by atoms with van der Waals surface area (Å²) in [6, 6.07) is 10.4. The number of aromatic nitrogens is 2. The number of nitrogens with two attached hydrogens (primary N) is 1. The van der Waals surface area contributed by atoms with Crippen LogP contribution in [0.25, 0.3) is 0 Å². The number of alkyl halides is 1. The maximum Gasteiger partial charge on any atom is 0.0921 e. The number of halogens is 1. The highest BCUT2D eigenvalue weighted by atomic mass is 127. The highest BCUT2D eigenvalue weighted by molar-refractivity contribution is 14.1. The number of nitrogens with one attached hydrogen (secondary N) is 1. The average Bonchev–Trinajstić information content (AvgIpc) is 2.93. The van der Waals surface area contributed by atoms with Gasteiger partial charge in [-0.25, -0.2) is 4.98 Å². The fourth-order valence-corrected chi connectivity index (χ4v) is 1.71. The predicted octanol–water partition coefficient (Wildman–Crippen LogP) is 2.75. The molecule has 0 saturated carbocycles. The van der Waals surface area contributed by atoms with Gasteiger partial charge in [-0.15, -0.1) is 0 Å². The Morgan fingerprint density at radius 2 is 2.00 bits per heavy atom. The zero-order valence-corrected chi connectivity index (χ0v) is 12.1. The molecule has 1 unspecified atom stereocenters. The van der Waals surface area contributed by atoms with Crippen molar-refractivity contribution in [3.63, 3.8) is 0 Å². The topological polar surface area (TPSA) is 54.7 Å². The van der Waals surface area contributed by atoms with Crippen LogP contribution in [-0.2, 0) is 6.42 Å². The normalized spacial score (nSPS) is 11.5. The van der Waals surface area contributed by atoms with E-state index in [2.05, 4.69) is 56.8 Å². The number of hydrogen-bond acceptors (Lipinski definition) is 2. The molecule has 0 aliphatic heterocycles. The predicted molar refractivity (Wildman–Crippen MR) is 80.5 cm³/mol. The van der Waals surface area contributed by atoms with Crippen molar-refractivity contribution in [1.29, 1.82) is 0 Å². The number of aromatic amines is 1. The summed E-state index contributed by atoms with van der Waals surface area (Å²) in [6.45, 7) is 0.636. The summed E-state index contributed by atoms with van der Waals surface area (Å²) < 4.78 is 0. The van der Waals surface area contributed by atoms with Crippen LogP contribution in [-0.4, -0.2) is 21.4 Å². The second-order valence-electron chi connectivity index (χ2n) is 3.63. The Bertz CT molecular complexity index is 386. The van der Waals surface area contributed by atoms with E-state index in [0.29, 0.717) is 12.5 Å². The molecule has 1 aromatic heterocycles. The first-order chi connectivity index (χ1) is 8.40. The summed E-state index contributed by atoms with van der Waals surface area (Å²) in [4.78, 5) is 9.11. The Hall–Kier alpha value is -0.880. The monoisotopic (exact) mass is 343 g/mol. The first kappa shape index (κ1) is 14.2. The average molecular weight is 343 g/mol. The molecule has 17 heavy (non-hydrogen) atoms. The quantitative estimate of drug-likeness (QED) is 0.663. The summed E-state index contributed by atoms with van der Waals surface area (Å²) in [7, 11) is 0. The summed E-state index contributed by atoms with van der Waals surface area (Å²) in [5.74, 6) is 0.329. The lowest BCUT2D eigenvalue weighted by atomic mass is 9.97. The van der Waals surface area contributed by atoms with Gasteiger partial charge in [0.05, 0.1) is 6.33 Å². The van der Waals surface area contributed by atoms with Crippen molar-refractivity contribution >= 4 is 22.6 Å². The highest BCUT2D eigenvalue weighted by Crippen LogP contribution is 2.17. The van der Waals surface area contributed by atoms with E-state index in [9.17, 15) is 0 Å². The van der Waals surface area contributed by atoms with E-state index < -0.39 is 0 Å². The minimum atomic E-state index is 0.329. The number of benzene rings is 1. The van der Waals surface area contributed by atoms with Crippen LogP contribution in [0.1, 0.15) is 17.2 Å². The van der Waals surface area contributed by atoms with Crippen molar-refractivity contribution in [1.82, 2.24) is 9.97 Å². The molecule has 0 fully saturated rings. The zero-order valence-electron chi connectivity index (χ0n) is 9.94. The Balaban J connectivity index is 0.000000686. The lowest BCUT2D eigenvalue weighted by molar-refractivity contribution is 0.676. The smallest absolute Gasteiger partial charge is 0.0921 e. The van der Waals surface area contributed by atoms with Crippen LogP contribution < -0.4 is 5.73 Å². The van der Waals surface area contributed by atoms with Crippen LogP contribution in [0.3, 0.4) is 0 Å². The van der Waals surface area contributed by atoms with Crippen molar-refractivity contribution < 1.29 is 0 Å². The molecule has 3 N–H and O–H groups in total. The van der Waals surface area contributed by atoms with Gasteiger partial charge >= 0.3 is 0 Å². The molecule has 0 aliphatic rings. The Morgan fingerprint density at radius 3 is 2.53 bits per heavy atom. The molecule has 2 aromatic rings. The van der Waals surface area contributed by atoms with E-state index in [1.807, 2.05) is 17.2 Å². The molecule has 0 spiro atoms. The molecule has 92 valence electrons. The van der Waals surface area contributed by atoms with Gasteiger partial charge in [0, 0.05) is 24.4 Å². The first-order valence-electron chi connectivity index (χ1n) is 5.50. The van der Waals surface area contributed by atoms with Crippen molar-refractivity contribution in [2.45, 2.75) is 12.3 Å². The van der Waals surface area contributed by atoms with E-state index in [1.165, 1.54) is 5.56 Å².